The number of halogens is 4. The third-order valence-corrected chi connectivity index (χ3v) is 2.03. The lowest BCUT2D eigenvalue weighted by molar-refractivity contribution is 0.108. The van der Waals surface area contributed by atoms with Crippen LogP contribution in [-0.2, 0) is 0 Å². The van der Waals surface area contributed by atoms with Crippen LogP contribution in [0.5, 0.6) is 0 Å². The molecule has 0 aliphatic carbocycles. The summed E-state index contributed by atoms with van der Waals surface area (Å²) in [4.78, 5) is 10.6. The van der Waals surface area contributed by atoms with Gasteiger partial charge in [-0.15, -0.1) is 0 Å². The molecule has 0 amide bonds. The molecule has 0 spiro atoms. The molecule has 0 saturated heterocycles. The van der Waals surface area contributed by atoms with Crippen LogP contribution in [0.4, 0.5) is 4.39 Å². The van der Waals surface area contributed by atoms with E-state index in [-0.39, 0.29) is 15.6 Å². The summed E-state index contributed by atoms with van der Waals surface area (Å²) in [5.74, 6) is -0.718. The van der Waals surface area contributed by atoms with Crippen LogP contribution < -0.4 is 0 Å². The van der Waals surface area contributed by atoms with Crippen molar-refractivity contribution in [1.29, 1.82) is 0 Å². The molecule has 64 valence electrons. The molecule has 0 N–H and O–H groups in total. The summed E-state index contributed by atoms with van der Waals surface area (Å²) in [6.45, 7) is 0. The molecule has 0 fully saturated rings. The number of carbonyl (C=O) groups is 1. The van der Waals surface area contributed by atoms with Crippen molar-refractivity contribution in [1.82, 2.24) is 0 Å². The fourth-order valence-electron chi connectivity index (χ4n) is 0.673. The smallest absolute Gasteiger partial charge is 0.254 e. The molecular formula is C7H2Cl3FO. The molecule has 12 heavy (non-hydrogen) atoms. The molecule has 0 saturated carbocycles. The molecule has 0 aromatic heterocycles. The van der Waals surface area contributed by atoms with Crippen LogP contribution in [0, 0.1) is 5.82 Å². The highest BCUT2D eigenvalue weighted by Gasteiger charge is 2.11. The first-order valence-corrected chi connectivity index (χ1v) is 4.00. The maximum atomic E-state index is 12.7. The van der Waals surface area contributed by atoms with Crippen molar-refractivity contribution in [2.24, 2.45) is 0 Å². The summed E-state index contributed by atoms with van der Waals surface area (Å²) >= 11 is 16.0. The van der Waals surface area contributed by atoms with Gasteiger partial charge in [-0.3, -0.25) is 4.79 Å². The van der Waals surface area contributed by atoms with E-state index in [0.717, 1.165) is 12.1 Å². The van der Waals surface area contributed by atoms with Crippen LogP contribution in [0.2, 0.25) is 10.0 Å². The molecule has 0 radical (unpaired) electrons. The van der Waals surface area contributed by atoms with E-state index < -0.39 is 11.1 Å². The highest BCUT2D eigenvalue weighted by atomic mass is 35.5. The molecular weight excluding hydrogens is 225 g/mol. The first-order valence-electron chi connectivity index (χ1n) is 2.86. The summed E-state index contributed by atoms with van der Waals surface area (Å²) in [5, 5.41) is -0.904. The van der Waals surface area contributed by atoms with E-state index in [1.54, 1.807) is 0 Å². The third kappa shape index (κ3) is 1.89. The van der Waals surface area contributed by atoms with Gasteiger partial charge >= 0.3 is 0 Å². The Morgan fingerprint density at radius 1 is 1.25 bits per heavy atom. The third-order valence-electron chi connectivity index (χ3n) is 1.22. The van der Waals surface area contributed by atoms with E-state index in [0.29, 0.717) is 0 Å². The standard InChI is InChI=1S/C7H2Cl3FO/c8-4-2-5(9)6(11)1-3(4)7(10)12/h1-2H. The Morgan fingerprint density at radius 2 is 1.83 bits per heavy atom. The van der Waals surface area contributed by atoms with Crippen molar-refractivity contribution in [3.63, 3.8) is 0 Å². The van der Waals surface area contributed by atoms with Crippen molar-refractivity contribution in [3.8, 4) is 0 Å². The van der Waals surface area contributed by atoms with Gasteiger partial charge in [0.1, 0.15) is 5.82 Å². The van der Waals surface area contributed by atoms with Gasteiger partial charge in [-0.1, -0.05) is 23.2 Å². The van der Waals surface area contributed by atoms with E-state index in [2.05, 4.69) is 0 Å². The molecule has 0 bridgehead atoms. The molecule has 0 atom stereocenters. The number of hydrogen-bond acceptors (Lipinski definition) is 1. The first-order chi connectivity index (χ1) is 5.52. The highest BCUT2D eigenvalue weighted by molar-refractivity contribution is 6.68. The normalized spacial score (nSPS) is 10.0. The molecule has 0 aliphatic rings. The summed E-state index contributed by atoms with van der Waals surface area (Å²) in [6, 6.07) is 2.04. The van der Waals surface area contributed by atoms with Crippen molar-refractivity contribution < 1.29 is 9.18 Å². The van der Waals surface area contributed by atoms with E-state index in [1.165, 1.54) is 0 Å². The van der Waals surface area contributed by atoms with Gasteiger partial charge in [-0.2, -0.15) is 0 Å². The van der Waals surface area contributed by atoms with Gasteiger partial charge in [-0.25, -0.2) is 4.39 Å². The first kappa shape index (κ1) is 9.78. The monoisotopic (exact) mass is 226 g/mol. The van der Waals surface area contributed by atoms with Crippen LogP contribution in [0.25, 0.3) is 0 Å². The minimum Gasteiger partial charge on any atom is -0.276 e. The van der Waals surface area contributed by atoms with Crippen LogP contribution in [0.1, 0.15) is 10.4 Å². The van der Waals surface area contributed by atoms with Gasteiger partial charge in [0, 0.05) is 0 Å². The fourth-order valence-corrected chi connectivity index (χ4v) is 1.35. The number of hydrogen-bond donors (Lipinski definition) is 0. The van der Waals surface area contributed by atoms with E-state index >= 15 is 0 Å². The molecule has 1 aromatic carbocycles. The van der Waals surface area contributed by atoms with Gasteiger partial charge in [-0.05, 0) is 23.7 Å². The van der Waals surface area contributed by atoms with Gasteiger partial charge < -0.3 is 0 Å². The van der Waals surface area contributed by atoms with Crippen molar-refractivity contribution >= 4 is 40.0 Å². The number of benzene rings is 1. The Kier molecular flexibility index (Phi) is 2.94. The molecule has 0 unspecified atom stereocenters. The Bertz CT molecular complexity index is 338. The Hall–Kier alpha value is -0.310. The predicted octanol–water partition coefficient (Wildman–Crippen LogP) is 3.51. The Balaban J connectivity index is 3.33. The Labute approximate surface area is 83.0 Å². The second kappa shape index (κ2) is 3.60. The average Bonchev–Trinajstić information content (AvgIpc) is 1.96. The molecule has 1 aromatic rings. The van der Waals surface area contributed by atoms with E-state index in [9.17, 15) is 9.18 Å². The van der Waals surface area contributed by atoms with Gasteiger partial charge in [0.25, 0.3) is 5.24 Å². The summed E-state index contributed by atoms with van der Waals surface area (Å²) < 4.78 is 12.7. The quantitative estimate of drug-likeness (QED) is 0.530. The molecule has 5 heteroatoms. The van der Waals surface area contributed by atoms with Crippen LogP contribution in [0.15, 0.2) is 12.1 Å². The molecule has 1 nitrogen and oxygen atoms in total. The van der Waals surface area contributed by atoms with Crippen LogP contribution in [-0.4, -0.2) is 5.24 Å². The zero-order valence-electron chi connectivity index (χ0n) is 5.57. The maximum absolute atomic E-state index is 12.7. The fraction of sp³-hybridized carbons (Fsp3) is 0. The Morgan fingerprint density at radius 3 is 2.33 bits per heavy atom. The SMILES string of the molecule is O=C(Cl)c1cc(F)c(Cl)cc1Cl. The van der Waals surface area contributed by atoms with Gasteiger partial charge in [0.05, 0.1) is 15.6 Å². The lowest BCUT2D eigenvalue weighted by Crippen LogP contribution is -1.92. The van der Waals surface area contributed by atoms with Gasteiger partial charge in [0.2, 0.25) is 0 Å². The maximum Gasteiger partial charge on any atom is 0.254 e. The summed E-state index contributed by atoms with van der Waals surface area (Å²) in [7, 11) is 0. The van der Waals surface area contributed by atoms with E-state index in [1.807, 2.05) is 0 Å². The zero-order chi connectivity index (χ0) is 9.30. The molecule has 1 rings (SSSR count). The summed E-state index contributed by atoms with van der Waals surface area (Å²) in [6.07, 6.45) is 0. The van der Waals surface area contributed by atoms with Crippen LogP contribution in [0.3, 0.4) is 0 Å². The summed E-state index contributed by atoms with van der Waals surface area (Å²) in [5.41, 5.74) is -0.0831. The van der Waals surface area contributed by atoms with Crippen molar-refractivity contribution in [3.05, 3.63) is 33.6 Å². The highest BCUT2D eigenvalue weighted by Crippen LogP contribution is 2.25. The number of carbonyl (C=O) groups excluding carboxylic acids is 1. The average molecular weight is 227 g/mol. The largest absolute Gasteiger partial charge is 0.276 e. The predicted molar refractivity (Wildman–Crippen MR) is 46.6 cm³/mol. The number of rotatable bonds is 1. The topological polar surface area (TPSA) is 17.1 Å². The van der Waals surface area contributed by atoms with Gasteiger partial charge in [0.15, 0.2) is 0 Å². The minimum atomic E-state index is -0.810. The molecule has 0 heterocycles. The van der Waals surface area contributed by atoms with E-state index in [4.69, 9.17) is 34.8 Å². The lowest BCUT2D eigenvalue weighted by atomic mass is 10.2. The second-order valence-electron chi connectivity index (χ2n) is 2.02. The second-order valence-corrected chi connectivity index (χ2v) is 3.18. The lowest BCUT2D eigenvalue weighted by Gasteiger charge is -1.99. The van der Waals surface area contributed by atoms with Crippen molar-refractivity contribution in [2.75, 3.05) is 0 Å². The minimum absolute atomic E-state index is 0.0430. The molecule has 0 aliphatic heterocycles. The zero-order valence-corrected chi connectivity index (χ0v) is 7.84. The van der Waals surface area contributed by atoms with Crippen LogP contribution >= 0.6 is 34.8 Å². The van der Waals surface area contributed by atoms with Crippen molar-refractivity contribution in [2.45, 2.75) is 0 Å².